The van der Waals surface area contributed by atoms with E-state index in [1.807, 2.05) is 36.7 Å². The molecule has 6 nitrogen and oxygen atoms in total. The molecule has 0 unspecified atom stereocenters. The van der Waals surface area contributed by atoms with E-state index in [1.54, 1.807) is 12.4 Å². The highest BCUT2D eigenvalue weighted by molar-refractivity contribution is 6.25. The van der Waals surface area contributed by atoms with E-state index in [1.165, 1.54) is 59.6 Å². The Balaban J connectivity index is 0.000000147. The Kier molecular flexibility index (Phi) is 14.5. The molecule has 0 aliphatic carbocycles. The molecule has 0 radical (unpaired) electrons. The van der Waals surface area contributed by atoms with E-state index in [-0.39, 0.29) is 0 Å². The molecule has 0 aliphatic rings. The first-order chi connectivity index (χ1) is 45.6. The average molecular weight is 1170 g/mol. The van der Waals surface area contributed by atoms with Crippen LogP contribution >= 0.6 is 0 Å². The lowest BCUT2D eigenvalue weighted by atomic mass is 9.93. The monoisotopic (exact) mass is 1170 g/mol. The molecule has 0 saturated carbocycles. The van der Waals surface area contributed by atoms with Crippen LogP contribution in [0.15, 0.2) is 340 Å². The van der Waals surface area contributed by atoms with Gasteiger partial charge in [0.05, 0.1) is 22.8 Å². The van der Waals surface area contributed by atoms with Gasteiger partial charge in [0.15, 0.2) is 11.6 Å². The maximum Gasteiger partial charge on any atom is 0.161 e. The van der Waals surface area contributed by atoms with Crippen molar-refractivity contribution in [2.45, 2.75) is 0 Å². The number of hydrogen-bond acceptors (Lipinski definition) is 6. The molecule has 17 rings (SSSR count). The Morgan fingerprint density at radius 2 is 0.511 bits per heavy atom. The zero-order valence-electron chi connectivity index (χ0n) is 50.0. The minimum atomic E-state index is 0.693. The molecular formula is C86H56N6. The second-order valence-electron chi connectivity index (χ2n) is 23.0. The maximum absolute atomic E-state index is 5.25. The summed E-state index contributed by atoms with van der Waals surface area (Å²) in [5.74, 6) is 1.40. The predicted molar refractivity (Wildman–Crippen MR) is 382 cm³/mol. The van der Waals surface area contributed by atoms with Gasteiger partial charge < -0.3 is 0 Å². The molecule has 0 atom stereocenters. The maximum atomic E-state index is 5.25. The second-order valence-corrected chi connectivity index (χ2v) is 23.0. The van der Waals surface area contributed by atoms with Crippen molar-refractivity contribution in [2.24, 2.45) is 0 Å². The van der Waals surface area contributed by atoms with Crippen molar-refractivity contribution in [1.82, 2.24) is 29.9 Å². The molecule has 0 saturated heterocycles. The van der Waals surface area contributed by atoms with E-state index in [9.17, 15) is 0 Å². The molecule has 0 fully saturated rings. The zero-order valence-corrected chi connectivity index (χ0v) is 50.0. The van der Waals surface area contributed by atoms with Gasteiger partial charge in [-0.3, -0.25) is 9.97 Å². The highest BCUT2D eigenvalue weighted by atomic mass is 14.9. The first kappa shape index (κ1) is 55.0. The summed E-state index contributed by atoms with van der Waals surface area (Å²) in [7, 11) is 0. The number of benzene rings is 13. The topological polar surface area (TPSA) is 77.3 Å². The minimum absolute atomic E-state index is 0.693. The normalized spacial score (nSPS) is 11.3. The lowest BCUT2D eigenvalue weighted by Crippen LogP contribution is -1.97. The zero-order chi connectivity index (χ0) is 61.2. The van der Waals surface area contributed by atoms with Crippen LogP contribution in [0.2, 0.25) is 0 Å². The van der Waals surface area contributed by atoms with Crippen LogP contribution in [0.3, 0.4) is 0 Å². The Morgan fingerprint density at radius 3 is 0.957 bits per heavy atom. The number of aromatic nitrogens is 6. The van der Waals surface area contributed by atoms with Crippen molar-refractivity contribution in [3.63, 3.8) is 0 Å². The summed E-state index contributed by atoms with van der Waals surface area (Å²) in [4.78, 5) is 29.7. The standard InChI is InChI=1S/C45H29N3.C41H27N3/c1-2-11-30(12-3-1)31-13-8-15-33(25-31)43-28-44(34-16-9-14-32(26-34)36-17-10-24-46-29-36)48-45(47-43)35-22-23-41-39-20-5-4-18-37(39)38-19-6-7-21-40(38)42(41)27-35;1-2-11-28(12-3-1)29-14-8-16-32(23-29)39-26-40(33-17-9-15-30(24-33)34-18-10-22-42-27-34)44-41(43-39)38-25-31-13-4-5-19-35(31)36-20-6-7-21-37(36)38/h1-29H;1-27H. The van der Waals surface area contributed by atoms with Crippen LogP contribution < -0.4 is 0 Å². The van der Waals surface area contributed by atoms with Crippen LogP contribution in [0.5, 0.6) is 0 Å². The molecule has 6 heteroatoms. The fourth-order valence-corrected chi connectivity index (χ4v) is 12.8. The van der Waals surface area contributed by atoms with Crippen molar-refractivity contribution in [3.8, 4) is 112 Å². The number of pyridine rings is 2. The third-order valence-corrected chi connectivity index (χ3v) is 17.3. The van der Waals surface area contributed by atoms with Crippen molar-refractivity contribution >= 4 is 53.9 Å². The van der Waals surface area contributed by atoms with Gasteiger partial charge in [0.2, 0.25) is 0 Å². The molecule has 92 heavy (non-hydrogen) atoms. The largest absolute Gasteiger partial charge is 0.264 e. The molecular weight excluding hydrogens is 1120 g/mol. The van der Waals surface area contributed by atoms with E-state index < -0.39 is 0 Å². The second kappa shape index (κ2) is 24.3. The molecule has 0 N–H and O–H groups in total. The van der Waals surface area contributed by atoms with Crippen LogP contribution in [0.25, 0.3) is 166 Å². The van der Waals surface area contributed by atoms with Gasteiger partial charge in [-0.1, -0.05) is 255 Å². The quantitative estimate of drug-likeness (QED) is 0.127. The van der Waals surface area contributed by atoms with E-state index in [0.717, 1.165) is 94.9 Å². The number of rotatable bonds is 10. The van der Waals surface area contributed by atoms with Crippen molar-refractivity contribution in [3.05, 3.63) is 340 Å². The van der Waals surface area contributed by atoms with Crippen LogP contribution in [0.4, 0.5) is 0 Å². The van der Waals surface area contributed by atoms with E-state index >= 15 is 0 Å². The van der Waals surface area contributed by atoms with Gasteiger partial charge in [0, 0.05) is 69.3 Å². The van der Waals surface area contributed by atoms with Crippen molar-refractivity contribution in [2.75, 3.05) is 0 Å². The van der Waals surface area contributed by atoms with Crippen LogP contribution in [-0.4, -0.2) is 29.9 Å². The lowest BCUT2D eigenvalue weighted by Gasteiger charge is -2.14. The van der Waals surface area contributed by atoms with Crippen LogP contribution in [0.1, 0.15) is 0 Å². The van der Waals surface area contributed by atoms with Gasteiger partial charge in [-0.05, 0) is 148 Å². The van der Waals surface area contributed by atoms with Gasteiger partial charge in [0.25, 0.3) is 0 Å². The molecule has 0 amide bonds. The van der Waals surface area contributed by atoms with Crippen LogP contribution in [-0.2, 0) is 0 Å². The third-order valence-electron chi connectivity index (χ3n) is 17.3. The van der Waals surface area contributed by atoms with Crippen molar-refractivity contribution < 1.29 is 0 Å². The smallest absolute Gasteiger partial charge is 0.161 e. The molecule has 17 aromatic rings. The molecule has 0 bridgehead atoms. The van der Waals surface area contributed by atoms with E-state index in [2.05, 4.69) is 301 Å². The van der Waals surface area contributed by atoms with Crippen molar-refractivity contribution in [1.29, 1.82) is 0 Å². The third kappa shape index (κ3) is 10.9. The summed E-state index contributed by atoms with van der Waals surface area (Å²) in [6.07, 6.45) is 7.39. The van der Waals surface area contributed by atoms with Gasteiger partial charge >= 0.3 is 0 Å². The van der Waals surface area contributed by atoms with Crippen LogP contribution in [0, 0.1) is 0 Å². The summed E-state index contributed by atoms with van der Waals surface area (Å²) in [6.45, 7) is 0. The fraction of sp³-hybridized carbons (Fsp3) is 0. The summed E-state index contributed by atoms with van der Waals surface area (Å²) < 4.78 is 0. The summed E-state index contributed by atoms with van der Waals surface area (Å²) in [6, 6.07) is 111. The molecule has 13 aromatic carbocycles. The molecule has 4 aromatic heterocycles. The summed E-state index contributed by atoms with van der Waals surface area (Å²) in [5.41, 5.74) is 18.6. The highest BCUT2D eigenvalue weighted by Gasteiger charge is 2.18. The number of fused-ring (bicyclic) bond motifs is 9. The Labute approximate surface area is 533 Å². The predicted octanol–water partition coefficient (Wildman–Crippen LogP) is 22.2. The molecule has 430 valence electrons. The Morgan fingerprint density at radius 1 is 0.174 bits per heavy atom. The first-order valence-electron chi connectivity index (χ1n) is 30.9. The Hall–Kier alpha value is -12.4. The minimum Gasteiger partial charge on any atom is -0.264 e. The summed E-state index contributed by atoms with van der Waals surface area (Å²) in [5, 5.41) is 12.1. The number of hydrogen-bond donors (Lipinski definition) is 0. The lowest BCUT2D eigenvalue weighted by molar-refractivity contribution is 1.18. The highest BCUT2D eigenvalue weighted by Crippen LogP contribution is 2.40. The first-order valence-corrected chi connectivity index (χ1v) is 30.9. The summed E-state index contributed by atoms with van der Waals surface area (Å²) >= 11 is 0. The van der Waals surface area contributed by atoms with E-state index in [0.29, 0.717) is 11.6 Å². The van der Waals surface area contributed by atoms with Gasteiger partial charge in [-0.25, -0.2) is 19.9 Å². The molecule has 0 aliphatic heterocycles. The average Bonchev–Trinajstić information content (AvgIpc) is 0.891. The van der Waals surface area contributed by atoms with E-state index in [4.69, 9.17) is 19.9 Å². The van der Waals surface area contributed by atoms with Gasteiger partial charge in [-0.2, -0.15) is 0 Å². The molecule has 4 heterocycles. The van der Waals surface area contributed by atoms with Gasteiger partial charge in [0.1, 0.15) is 0 Å². The Bertz CT molecular complexity index is 5340. The van der Waals surface area contributed by atoms with Gasteiger partial charge in [-0.15, -0.1) is 0 Å². The fourth-order valence-electron chi connectivity index (χ4n) is 12.8. The molecule has 0 spiro atoms. The SMILES string of the molecule is c1ccc(-c2cccc(-c3cc(-c4cccc(-c5cccnc5)c4)nc(-c4cc5ccccc5c5ccccc45)n3)c2)cc1.c1ccc(-c2cccc(-c3cc(-c4cccc(-c5cccnc5)c4)nc(-c4ccc5c6ccccc6c6ccccc6c5c4)n3)c2)cc1. The number of nitrogens with zero attached hydrogens (tertiary/aromatic N) is 6.